The van der Waals surface area contributed by atoms with E-state index in [0.29, 0.717) is 4.68 Å². The molecule has 2 heterocycles. The summed E-state index contributed by atoms with van der Waals surface area (Å²) in [4.78, 5) is 31.8. The molecule has 14 heteroatoms. The maximum absolute atomic E-state index is 10.7. The predicted molar refractivity (Wildman–Crippen MR) is 52.4 cm³/mol. The van der Waals surface area contributed by atoms with E-state index in [9.17, 15) is 30.3 Å². The maximum atomic E-state index is 10.7. The van der Waals surface area contributed by atoms with Crippen molar-refractivity contribution in [1.82, 2.24) is 25.0 Å². The molecule has 0 atom stereocenters. The van der Waals surface area contributed by atoms with Crippen LogP contribution in [0.4, 0.5) is 17.5 Å². The third-order valence-corrected chi connectivity index (χ3v) is 1.88. The Bertz CT molecular complexity index is 686. The van der Waals surface area contributed by atoms with Crippen LogP contribution in [0.25, 0.3) is 5.82 Å². The first kappa shape index (κ1) is 12.0. The minimum absolute atomic E-state index is 0.566. The topological polar surface area (TPSA) is 187 Å². The number of hydrogen-bond acceptors (Lipinski definition) is 9. The zero-order chi connectivity index (χ0) is 14.2. The first-order valence-corrected chi connectivity index (χ1v) is 4.30. The average molecular weight is 269 g/mol. The molecule has 19 heavy (non-hydrogen) atoms. The summed E-state index contributed by atoms with van der Waals surface area (Å²) < 4.78 is 0.566. The number of hydrogen-bond donors (Lipinski definition) is 0. The zero-order valence-electron chi connectivity index (χ0n) is 8.60. The van der Waals surface area contributed by atoms with Crippen LogP contribution in [0.2, 0.25) is 0 Å². The summed E-state index contributed by atoms with van der Waals surface area (Å²) in [6.45, 7) is 0. The Balaban J connectivity index is 2.58. The number of rotatable bonds is 4. The Hall–Kier alpha value is -3.45. The van der Waals surface area contributed by atoms with E-state index in [1.54, 1.807) is 0 Å². The van der Waals surface area contributed by atoms with E-state index in [0.717, 1.165) is 6.33 Å². The SMILES string of the molecule is O=[N+]([O-])c1ncn(-c2[n-]nc([N+](=O)[O-])c2[N+](=O)[O-])n1. The molecule has 0 aliphatic rings. The van der Waals surface area contributed by atoms with Crippen LogP contribution >= 0.6 is 0 Å². The fraction of sp³-hybridized carbons (Fsp3) is 0. The van der Waals surface area contributed by atoms with Crippen LogP contribution in [0, 0.1) is 30.3 Å². The van der Waals surface area contributed by atoms with Gasteiger partial charge in [-0.2, -0.15) is 0 Å². The molecular formula is C5HN8O6-. The number of aromatic nitrogens is 5. The molecule has 0 aliphatic heterocycles. The van der Waals surface area contributed by atoms with Crippen LogP contribution in [0.1, 0.15) is 0 Å². The van der Waals surface area contributed by atoms with Gasteiger partial charge in [0, 0.05) is 0 Å². The fourth-order valence-electron chi connectivity index (χ4n) is 1.17. The molecule has 98 valence electrons. The largest absolute Gasteiger partial charge is 0.471 e. The Morgan fingerprint density at radius 3 is 2.26 bits per heavy atom. The van der Waals surface area contributed by atoms with Gasteiger partial charge in [-0.3, -0.25) is 10.1 Å². The number of nitrogens with zero attached hydrogens (tertiary/aromatic N) is 8. The molecule has 0 fully saturated rings. The second-order valence-electron chi connectivity index (χ2n) is 2.96. The molecule has 2 rings (SSSR count). The van der Waals surface area contributed by atoms with Crippen molar-refractivity contribution in [1.29, 1.82) is 0 Å². The molecule has 0 unspecified atom stereocenters. The molecule has 0 aromatic carbocycles. The first-order valence-electron chi connectivity index (χ1n) is 4.30. The third-order valence-electron chi connectivity index (χ3n) is 1.88. The van der Waals surface area contributed by atoms with Gasteiger partial charge in [0.2, 0.25) is 0 Å². The molecular weight excluding hydrogens is 268 g/mol. The lowest BCUT2D eigenvalue weighted by Gasteiger charge is -1.97. The highest BCUT2D eigenvalue weighted by atomic mass is 16.6. The van der Waals surface area contributed by atoms with Crippen LogP contribution < -0.4 is 5.10 Å². The molecule has 0 aliphatic carbocycles. The highest BCUT2D eigenvalue weighted by Gasteiger charge is 2.31. The van der Waals surface area contributed by atoms with Gasteiger partial charge >= 0.3 is 17.5 Å². The van der Waals surface area contributed by atoms with Crippen molar-refractivity contribution < 1.29 is 14.8 Å². The second kappa shape index (κ2) is 4.09. The normalized spacial score (nSPS) is 10.3. The van der Waals surface area contributed by atoms with Gasteiger partial charge in [-0.1, -0.05) is 10.1 Å². The molecule has 0 amide bonds. The summed E-state index contributed by atoms with van der Waals surface area (Å²) >= 11 is 0. The lowest BCUT2D eigenvalue weighted by Crippen LogP contribution is -2.02. The highest BCUT2D eigenvalue weighted by Crippen LogP contribution is 2.29. The van der Waals surface area contributed by atoms with Gasteiger partial charge in [0.05, 0.1) is 4.92 Å². The fourth-order valence-corrected chi connectivity index (χ4v) is 1.17. The highest BCUT2D eigenvalue weighted by molar-refractivity contribution is 5.57. The lowest BCUT2D eigenvalue weighted by molar-refractivity contribution is -0.424. The van der Waals surface area contributed by atoms with Gasteiger partial charge in [0.25, 0.3) is 0 Å². The Labute approximate surface area is 101 Å². The Morgan fingerprint density at radius 1 is 1.11 bits per heavy atom. The molecule has 2 aromatic heterocycles. The molecule has 0 N–H and O–H groups in total. The van der Waals surface area contributed by atoms with Crippen molar-refractivity contribution in [3.63, 3.8) is 0 Å². The van der Waals surface area contributed by atoms with Gasteiger partial charge in [-0.15, -0.1) is 0 Å². The Kier molecular flexibility index (Phi) is 2.59. The number of nitro groups is 3. The summed E-state index contributed by atoms with van der Waals surface area (Å²) in [5, 5.41) is 41.1. The average Bonchev–Trinajstić information content (AvgIpc) is 2.95. The molecule has 0 saturated carbocycles. The quantitative estimate of drug-likeness (QED) is 0.508. The van der Waals surface area contributed by atoms with Gasteiger partial charge in [-0.25, -0.2) is 9.78 Å². The summed E-state index contributed by atoms with van der Waals surface area (Å²) in [6, 6.07) is 0. The standard InChI is InChI=1S/C5HN8O6/c14-11(15)2-3(7-8-4(2)12(16)17)10-1-6-5(9-10)13(18)19/h1H/q-1. The monoisotopic (exact) mass is 269 g/mol. The lowest BCUT2D eigenvalue weighted by atomic mass is 10.5. The Morgan fingerprint density at radius 2 is 1.79 bits per heavy atom. The maximum Gasteiger partial charge on any atom is 0.471 e. The molecule has 0 spiro atoms. The summed E-state index contributed by atoms with van der Waals surface area (Å²) in [5.41, 5.74) is -1.02. The smallest absolute Gasteiger partial charge is 0.390 e. The van der Waals surface area contributed by atoms with Crippen LogP contribution in [-0.4, -0.2) is 34.6 Å². The summed E-state index contributed by atoms with van der Waals surface area (Å²) in [5.74, 6) is -2.55. The second-order valence-corrected chi connectivity index (χ2v) is 2.96. The third kappa shape index (κ3) is 1.92. The minimum atomic E-state index is -1.10. The van der Waals surface area contributed by atoms with E-state index in [-0.39, 0.29) is 0 Å². The van der Waals surface area contributed by atoms with Crippen molar-refractivity contribution in [3.05, 3.63) is 36.7 Å². The van der Waals surface area contributed by atoms with Crippen molar-refractivity contribution >= 4 is 17.5 Å². The van der Waals surface area contributed by atoms with E-state index in [2.05, 4.69) is 20.3 Å². The van der Waals surface area contributed by atoms with Crippen molar-refractivity contribution in [3.8, 4) is 5.82 Å². The first-order chi connectivity index (χ1) is 8.91. The van der Waals surface area contributed by atoms with E-state index in [1.807, 2.05) is 0 Å². The van der Waals surface area contributed by atoms with Crippen molar-refractivity contribution in [2.45, 2.75) is 0 Å². The van der Waals surface area contributed by atoms with Crippen molar-refractivity contribution in [2.24, 2.45) is 0 Å². The predicted octanol–water partition coefficient (Wildman–Crippen LogP) is -0.656. The molecule has 14 nitrogen and oxygen atoms in total. The van der Waals surface area contributed by atoms with Crippen LogP contribution in [0.15, 0.2) is 6.33 Å². The summed E-state index contributed by atoms with van der Waals surface area (Å²) in [6.07, 6.45) is 0.763. The molecule has 0 bridgehead atoms. The van der Waals surface area contributed by atoms with Gasteiger partial charge in [0.1, 0.15) is 12.1 Å². The summed E-state index contributed by atoms with van der Waals surface area (Å²) in [7, 11) is 0. The van der Waals surface area contributed by atoms with Gasteiger partial charge in [0.15, 0.2) is 0 Å². The van der Waals surface area contributed by atoms with Crippen LogP contribution in [0.3, 0.4) is 0 Å². The molecule has 0 radical (unpaired) electrons. The van der Waals surface area contributed by atoms with E-state index in [4.69, 9.17) is 0 Å². The molecule has 2 aromatic rings. The van der Waals surface area contributed by atoms with Gasteiger partial charge in [-0.05, 0) is 14.9 Å². The van der Waals surface area contributed by atoms with Crippen LogP contribution in [0.5, 0.6) is 0 Å². The van der Waals surface area contributed by atoms with E-state index >= 15 is 0 Å². The van der Waals surface area contributed by atoms with E-state index in [1.165, 1.54) is 0 Å². The van der Waals surface area contributed by atoms with Crippen LogP contribution in [-0.2, 0) is 0 Å². The van der Waals surface area contributed by atoms with Gasteiger partial charge < -0.3 is 20.2 Å². The zero-order valence-corrected chi connectivity index (χ0v) is 8.60. The van der Waals surface area contributed by atoms with E-state index < -0.39 is 38.0 Å². The molecule has 0 saturated heterocycles. The van der Waals surface area contributed by atoms with Crippen molar-refractivity contribution in [2.75, 3.05) is 0 Å². The minimum Gasteiger partial charge on any atom is -0.390 e.